The van der Waals surface area contributed by atoms with Gasteiger partial charge in [0.2, 0.25) is 5.91 Å². The number of carbonyl (C=O) groups excluding carboxylic acids is 1. The van der Waals surface area contributed by atoms with Crippen molar-refractivity contribution in [3.63, 3.8) is 0 Å². The second-order valence-electron chi connectivity index (χ2n) is 6.38. The lowest BCUT2D eigenvalue weighted by atomic mass is 9.97. The molecule has 1 N–H and O–H groups in total. The number of hydrogen-bond donors (Lipinski definition) is 1. The van der Waals surface area contributed by atoms with Crippen molar-refractivity contribution >= 4 is 17.4 Å². The highest BCUT2D eigenvalue weighted by molar-refractivity contribution is 5.93. The molecule has 0 bridgehead atoms. The van der Waals surface area contributed by atoms with E-state index in [-0.39, 0.29) is 23.1 Å². The van der Waals surface area contributed by atoms with E-state index < -0.39 is 0 Å². The zero-order valence-corrected chi connectivity index (χ0v) is 14.4. The molecule has 0 spiro atoms. The van der Waals surface area contributed by atoms with Crippen molar-refractivity contribution in [2.45, 2.75) is 12.8 Å². The SMILES string of the molecule is Cn1c(N2CCCC(C(=O)Nc3ccccc3)C2)cc(=O)n(C)c1=O. The highest BCUT2D eigenvalue weighted by Gasteiger charge is 2.27. The lowest BCUT2D eigenvalue weighted by molar-refractivity contribution is -0.120. The Hall–Kier alpha value is -2.83. The van der Waals surface area contributed by atoms with Crippen LogP contribution in [0.4, 0.5) is 11.5 Å². The number of para-hydroxylation sites is 1. The summed E-state index contributed by atoms with van der Waals surface area (Å²) in [5, 5.41) is 2.93. The molecule has 0 radical (unpaired) electrons. The number of benzene rings is 1. The van der Waals surface area contributed by atoms with Gasteiger partial charge >= 0.3 is 5.69 Å². The summed E-state index contributed by atoms with van der Waals surface area (Å²) in [7, 11) is 3.10. The van der Waals surface area contributed by atoms with Gasteiger partial charge in [0.15, 0.2) is 0 Å². The van der Waals surface area contributed by atoms with Crippen molar-refractivity contribution in [3.05, 3.63) is 57.2 Å². The number of anilines is 2. The van der Waals surface area contributed by atoms with Gasteiger partial charge in [-0.05, 0) is 25.0 Å². The predicted octanol–water partition coefficient (Wildman–Crippen LogP) is 0.939. The van der Waals surface area contributed by atoms with Gasteiger partial charge in [0.25, 0.3) is 5.56 Å². The van der Waals surface area contributed by atoms with Gasteiger partial charge in [-0.1, -0.05) is 18.2 Å². The van der Waals surface area contributed by atoms with Crippen LogP contribution in [0.15, 0.2) is 46.0 Å². The molecule has 132 valence electrons. The molecular formula is C18H22N4O3. The zero-order valence-electron chi connectivity index (χ0n) is 14.4. The smallest absolute Gasteiger partial charge is 0.332 e. The quantitative estimate of drug-likeness (QED) is 0.901. The van der Waals surface area contributed by atoms with E-state index in [2.05, 4.69) is 5.32 Å². The summed E-state index contributed by atoms with van der Waals surface area (Å²) >= 11 is 0. The van der Waals surface area contributed by atoms with Gasteiger partial charge < -0.3 is 10.2 Å². The molecule has 1 aliphatic rings. The maximum absolute atomic E-state index is 12.5. The van der Waals surface area contributed by atoms with Crippen LogP contribution < -0.4 is 21.5 Å². The van der Waals surface area contributed by atoms with Crippen LogP contribution in [-0.2, 0) is 18.9 Å². The molecule has 0 aliphatic carbocycles. The summed E-state index contributed by atoms with van der Waals surface area (Å²) in [6, 6.07) is 10.8. The number of carbonyl (C=O) groups is 1. The van der Waals surface area contributed by atoms with E-state index in [1.165, 1.54) is 17.7 Å². The Balaban J connectivity index is 1.79. The molecule has 7 nitrogen and oxygen atoms in total. The van der Waals surface area contributed by atoms with Crippen molar-refractivity contribution < 1.29 is 4.79 Å². The molecule has 25 heavy (non-hydrogen) atoms. The summed E-state index contributed by atoms with van der Waals surface area (Å²) in [5.74, 6) is 0.336. The zero-order chi connectivity index (χ0) is 18.0. The first-order valence-corrected chi connectivity index (χ1v) is 8.35. The van der Waals surface area contributed by atoms with Gasteiger partial charge in [0.1, 0.15) is 5.82 Å². The second-order valence-corrected chi connectivity index (χ2v) is 6.38. The molecule has 1 aromatic heterocycles. The molecule has 1 unspecified atom stereocenters. The average Bonchev–Trinajstić information content (AvgIpc) is 2.64. The van der Waals surface area contributed by atoms with Gasteiger partial charge in [-0.25, -0.2) is 4.79 Å². The van der Waals surface area contributed by atoms with Crippen LogP contribution in [0, 0.1) is 5.92 Å². The molecule has 2 heterocycles. The molecule has 1 amide bonds. The minimum atomic E-state index is -0.363. The normalized spacial score (nSPS) is 17.4. The number of nitrogens with one attached hydrogen (secondary N) is 1. The van der Waals surface area contributed by atoms with E-state index in [4.69, 9.17) is 0 Å². The third-order valence-corrected chi connectivity index (χ3v) is 4.66. The standard InChI is InChI=1S/C18H22N4O3/c1-20-15(11-16(23)21(2)18(20)25)22-10-6-7-13(12-22)17(24)19-14-8-4-3-5-9-14/h3-5,8-9,11,13H,6-7,10,12H2,1-2H3,(H,19,24). The second kappa shape index (κ2) is 6.96. The monoisotopic (exact) mass is 342 g/mol. The first-order chi connectivity index (χ1) is 12.0. The van der Waals surface area contributed by atoms with Gasteiger partial charge in [0.05, 0.1) is 5.92 Å². The van der Waals surface area contributed by atoms with Gasteiger partial charge in [-0.2, -0.15) is 0 Å². The van der Waals surface area contributed by atoms with Crippen LogP contribution in [0.5, 0.6) is 0 Å². The fourth-order valence-corrected chi connectivity index (χ4v) is 3.19. The number of piperidine rings is 1. The van der Waals surface area contributed by atoms with Crippen LogP contribution in [0.1, 0.15) is 12.8 Å². The largest absolute Gasteiger partial charge is 0.357 e. The minimum absolute atomic E-state index is 0.0373. The van der Waals surface area contributed by atoms with Crippen molar-refractivity contribution in [1.82, 2.24) is 9.13 Å². The fourth-order valence-electron chi connectivity index (χ4n) is 3.19. The Morgan fingerprint density at radius 2 is 1.84 bits per heavy atom. The summed E-state index contributed by atoms with van der Waals surface area (Å²) in [5.41, 5.74) is 0.0675. The number of nitrogens with zero attached hydrogens (tertiary/aromatic N) is 3. The third-order valence-electron chi connectivity index (χ3n) is 4.66. The van der Waals surface area contributed by atoms with Crippen LogP contribution in [0.2, 0.25) is 0 Å². The maximum Gasteiger partial charge on any atom is 0.332 e. The molecule has 0 saturated carbocycles. The molecule has 3 rings (SSSR count). The number of aromatic nitrogens is 2. The van der Waals surface area contributed by atoms with E-state index in [1.807, 2.05) is 35.2 Å². The van der Waals surface area contributed by atoms with Crippen molar-refractivity contribution in [2.75, 3.05) is 23.3 Å². The topological polar surface area (TPSA) is 76.3 Å². The Morgan fingerprint density at radius 1 is 1.12 bits per heavy atom. The van der Waals surface area contributed by atoms with Crippen molar-refractivity contribution in [2.24, 2.45) is 20.0 Å². The lowest BCUT2D eigenvalue weighted by Gasteiger charge is -2.34. The Labute approximate surface area is 145 Å². The van der Waals surface area contributed by atoms with Crippen LogP contribution in [-0.4, -0.2) is 28.1 Å². The molecule has 2 aromatic rings. The van der Waals surface area contributed by atoms with E-state index in [0.717, 1.165) is 29.6 Å². The van der Waals surface area contributed by atoms with Crippen molar-refractivity contribution in [3.8, 4) is 0 Å². The first kappa shape index (κ1) is 17.0. The highest BCUT2D eigenvalue weighted by atomic mass is 16.2. The predicted molar refractivity (Wildman–Crippen MR) is 96.9 cm³/mol. The van der Waals surface area contributed by atoms with Crippen LogP contribution in [0.3, 0.4) is 0 Å². The number of amides is 1. The van der Waals surface area contributed by atoms with E-state index in [1.54, 1.807) is 7.05 Å². The maximum atomic E-state index is 12.5. The molecule has 1 fully saturated rings. The highest BCUT2D eigenvalue weighted by Crippen LogP contribution is 2.22. The first-order valence-electron chi connectivity index (χ1n) is 8.35. The molecule has 1 aromatic carbocycles. The van der Waals surface area contributed by atoms with Crippen molar-refractivity contribution in [1.29, 1.82) is 0 Å². The minimum Gasteiger partial charge on any atom is -0.357 e. The average molecular weight is 342 g/mol. The number of rotatable bonds is 3. The molecule has 1 atom stereocenters. The molecule has 1 saturated heterocycles. The lowest BCUT2D eigenvalue weighted by Crippen LogP contribution is -2.45. The molecule has 7 heteroatoms. The van der Waals surface area contributed by atoms with E-state index in [0.29, 0.717) is 12.4 Å². The third kappa shape index (κ3) is 3.50. The Kier molecular flexibility index (Phi) is 4.74. The fraction of sp³-hybridized carbons (Fsp3) is 0.389. The summed E-state index contributed by atoms with van der Waals surface area (Å²) in [4.78, 5) is 38.6. The summed E-state index contributed by atoms with van der Waals surface area (Å²) in [6.45, 7) is 1.20. The van der Waals surface area contributed by atoms with E-state index >= 15 is 0 Å². The molecular weight excluding hydrogens is 320 g/mol. The Morgan fingerprint density at radius 3 is 2.56 bits per heavy atom. The van der Waals surface area contributed by atoms with Gasteiger partial charge in [-0.15, -0.1) is 0 Å². The van der Waals surface area contributed by atoms with Crippen LogP contribution >= 0.6 is 0 Å². The number of hydrogen-bond acceptors (Lipinski definition) is 4. The summed E-state index contributed by atoms with van der Waals surface area (Å²) < 4.78 is 2.53. The van der Waals surface area contributed by atoms with Gasteiger partial charge in [-0.3, -0.25) is 18.7 Å². The Bertz CT molecular complexity index is 885. The summed E-state index contributed by atoms with van der Waals surface area (Å²) in [6.07, 6.45) is 1.62. The molecule has 1 aliphatic heterocycles. The van der Waals surface area contributed by atoms with Gasteiger partial charge in [0, 0.05) is 38.9 Å². The van der Waals surface area contributed by atoms with E-state index in [9.17, 15) is 14.4 Å². The van der Waals surface area contributed by atoms with Crippen LogP contribution in [0.25, 0.3) is 0 Å².